The summed E-state index contributed by atoms with van der Waals surface area (Å²) in [6, 6.07) is 8.02. The first-order chi connectivity index (χ1) is 19.0. The Bertz CT molecular complexity index is 1260. The van der Waals surface area contributed by atoms with Gasteiger partial charge in [0.15, 0.2) is 5.79 Å². The van der Waals surface area contributed by atoms with E-state index in [2.05, 4.69) is 26.8 Å². The van der Waals surface area contributed by atoms with Gasteiger partial charge < -0.3 is 19.7 Å². The number of benzene rings is 1. The molecule has 1 aromatic rings. The van der Waals surface area contributed by atoms with Crippen molar-refractivity contribution >= 4 is 23.9 Å². The molecule has 1 aromatic carbocycles. The quantitative estimate of drug-likeness (QED) is 0.259. The fourth-order valence-electron chi connectivity index (χ4n) is 9.96. The van der Waals surface area contributed by atoms with Gasteiger partial charge in [-0.2, -0.15) is 0 Å². The van der Waals surface area contributed by atoms with Crippen LogP contribution in [0.1, 0.15) is 100 Å². The van der Waals surface area contributed by atoms with Crippen LogP contribution in [0.15, 0.2) is 35.4 Å². The van der Waals surface area contributed by atoms with E-state index >= 15 is 0 Å². The number of ether oxygens (including phenoxy) is 2. The summed E-state index contributed by atoms with van der Waals surface area (Å²) < 4.78 is 12.8. The van der Waals surface area contributed by atoms with Gasteiger partial charge in [-0.25, -0.2) is 0 Å². The van der Waals surface area contributed by atoms with E-state index in [0.29, 0.717) is 49.4 Å². The number of carbonyl (C=O) groups is 1. The lowest BCUT2D eigenvalue weighted by Gasteiger charge is -2.59. The van der Waals surface area contributed by atoms with Crippen LogP contribution < -0.4 is 0 Å². The second-order valence-corrected chi connectivity index (χ2v) is 15.4. The van der Waals surface area contributed by atoms with Crippen LogP contribution in [-0.4, -0.2) is 52.1 Å². The highest BCUT2D eigenvalue weighted by molar-refractivity contribution is 7.79. The van der Waals surface area contributed by atoms with Crippen LogP contribution in [0.5, 0.6) is 0 Å². The molecule has 0 bridgehead atoms. The number of aliphatic hydroxyl groups is 2. The molecular weight excluding hydrogens is 520 g/mol. The smallest absolute Gasteiger partial charge is 0.171 e. The van der Waals surface area contributed by atoms with Gasteiger partial charge in [0.25, 0.3) is 0 Å². The Morgan fingerprint density at radius 1 is 1.02 bits per heavy atom. The highest BCUT2D eigenvalue weighted by Gasteiger charge is 2.69. The second-order valence-electron chi connectivity index (χ2n) is 15.1. The summed E-state index contributed by atoms with van der Waals surface area (Å²) in [4.78, 5) is 11.8. The number of fused-ring (bicyclic) bond motifs is 4. The van der Waals surface area contributed by atoms with E-state index in [1.807, 2.05) is 23.6 Å². The van der Waals surface area contributed by atoms with E-state index in [1.54, 1.807) is 0 Å². The van der Waals surface area contributed by atoms with Crippen LogP contribution in [0.3, 0.4) is 0 Å². The number of carbonyl (C=O) groups excluding carboxylic acids is 1. The van der Waals surface area contributed by atoms with E-state index in [9.17, 15) is 15.0 Å². The number of rotatable bonds is 4. The van der Waals surface area contributed by atoms with Crippen LogP contribution in [0, 0.1) is 34.5 Å². The van der Waals surface area contributed by atoms with Crippen molar-refractivity contribution in [3.63, 3.8) is 0 Å². The van der Waals surface area contributed by atoms with Crippen LogP contribution >= 0.6 is 12.2 Å². The minimum atomic E-state index is -0.951. The molecule has 0 aromatic heterocycles. The zero-order chi connectivity index (χ0) is 28.1. The summed E-state index contributed by atoms with van der Waals surface area (Å²) in [5.74, 6) is 0.615. The van der Waals surface area contributed by atoms with Crippen molar-refractivity contribution in [1.29, 1.82) is 0 Å². The molecule has 5 nitrogen and oxygen atoms in total. The van der Waals surface area contributed by atoms with Crippen molar-refractivity contribution in [1.82, 2.24) is 0 Å². The molecule has 7 rings (SSSR count). The third-order valence-corrected chi connectivity index (χ3v) is 12.5. The van der Waals surface area contributed by atoms with Crippen molar-refractivity contribution in [2.75, 3.05) is 13.2 Å². The Morgan fingerprint density at radius 2 is 1.80 bits per heavy atom. The van der Waals surface area contributed by atoms with E-state index in [0.717, 1.165) is 56.8 Å². The summed E-state index contributed by atoms with van der Waals surface area (Å²) in [5.41, 5.74) is 2.44. The average Bonchev–Trinajstić information content (AvgIpc) is 3.69. The molecule has 1 spiro atoms. The van der Waals surface area contributed by atoms with Gasteiger partial charge in [0.1, 0.15) is 6.29 Å². The van der Waals surface area contributed by atoms with Gasteiger partial charge in [-0.3, -0.25) is 4.79 Å². The lowest BCUT2D eigenvalue weighted by Crippen LogP contribution is -2.58. The molecule has 6 heteroatoms. The van der Waals surface area contributed by atoms with E-state index < -0.39 is 17.0 Å². The Balaban J connectivity index is 1.31. The fourth-order valence-corrected chi connectivity index (χ4v) is 10.3. The largest absolute Gasteiger partial charge is 0.389 e. The highest BCUT2D eigenvalue weighted by Crippen LogP contribution is 2.71. The fraction of sp³-hybridized carbons (Fsp3) is 0.706. The normalized spacial score (nSPS) is 44.9. The molecule has 0 amide bonds. The third-order valence-electron chi connectivity index (χ3n) is 12.2. The SMILES string of the molecule is CC1(C)COC2(CCC3=C4C(CC[C@@]3(O)C2)C2CCC(O)([C@H]3CC3C=S)[C@@]2(C)C[C@@H]4c2cccc(C=O)c2)OC1. The molecule has 1 aliphatic heterocycles. The first-order valence-electron chi connectivity index (χ1n) is 15.4. The highest BCUT2D eigenvalue weighted by atomic mass is 32.1. The molecule has 8 atom stereocenters. The maximum atomic E-state index is 12.4. The Morgan fingerprint density at radius 3 is 2.50 bits per heavy atom. The van der Waals surface area contributed by atoms with Gasteiger partial charge in [0, 0.05) is 35.2 Å². The molecule has 4 saturated carbocycles. The van der Waals surface area contributed by atoms with E-state index in [-0.39, 0.29) is 22.7 Å². The maximum absolute atomic E-state index is 12.4. The predicted molar refractivity (Wildman–Crippen MR) is 157 cm³/mol. The molecule has 1 saturated heterocycles. The summed E-state index contributed by atoms with van der Waals surface area (Å²) in [6.45, 7) is 7.94. The molecule has 4 unspecified atom stereocenters. The number of hydrogen-bond donors (Lipinski definition) is 2. The van der Waals surface area contributed by atoms with Crippen molar-refractivity contribution in [3.05, 3.63) is 46.5 Å². The van der Waals surface area contributed by atoms with Gasteiger partial charge in [-0.15, -0.1) is 0 Å². The molecule has 40 heavy (non-hydrogen) atoms. The van der Waals surface area contributed by atoms with Gasteiger partial charge in [0.2, 0.25) is 0 Å². The molecule has 0 radical (unpaired) electrons. The average molecular weight is 565 g/mol. The van der Waals surface area contributed by atoms with Crippen molar-refractivity contribution in [3.8, 4) is 0 Å². The van der Waals surface area contributed by atoms with Crippen LogP contribution in [-0.2, 0) is 9.47 Å². The summed E-state index contributed by atoms with van der Waals surface area (Å²) >= 11 is 5.32. The molecule has 5 fully saturated rings. The maximum Gasteiger partial charge on any atom is 0.171 e. The zero-order valence-electron chi connectivity index (χ0n) is 24.2. The van der Waals surface area contributed by atoms with Gasteiger partial charge >= 0.3 is 0 Å². The first kappa shape index (κ1) is 27.4. The Kier molecular flexibility index (Phi) is 6.19. The molecule has 2 N–H and O–H groups in total. The molecule has 216 valence electrons. The van der Waals surface area contributed by atoms with E-state index in [1.165, 1.54) is 11.1 Å². The zero-order valence-corrected chi connectivity index (χ0v) is 25.0. The van der Waals surface area contributed by atoms with E-state index in [4.69, 9.17) is 21.7 Å². The topological polar surface area (TPSA) is 76.0 Å². The Hall–Kier alpha value is -1.44. The van der Waals surface area contributed by atoms with Crippen molar-refractivity contribution in [2.45, 2.75) is 101 Å². The molecule has 5 aliphatic carbocycles. The summed E-state index contributed by atoms with van der Waals surface area (Å²) in [5, 5.41) is 26.7. The van der Waals surface area contributed by atoms with Crippen molar-refractivity contribution < 1.29 is 24.5 Å². The summed E-state index contributed by atoms with van der Waals surface area (Å²) in [6.07, 6.45) is 8.17. The standard InChI is InChI=1S/C34H44O5S/c1-30(2)19-38-33(39-20-30)11-8-27-29-24(7-10-32(27,36)18-33)26-9-12-34(37,28-14-23(28)17-40)31(26,3)15-25(29)22-6-4-5-21(13-22)16-35/h4-6,13,16-17,23-26,28,36-37H,7-12,14-15,18-20H2,1-3H3/t23?,24?,25-,26?,28+,31+,32-,34?/m1/s1. The van der Waals surface area contributed by atoms with Gasteiger partial charge in [0.05, 0.1) is 24.4 Å². The second kappa shape index (κ2) is 9.03. The number of thiocarbonyl (C=S) groups is 1. The van der Waals surface area contributed by atoms with Crippen molar-refractivity contribution in [2.24, 2.45) is 34.5 Å². The minimum absolute atomic E-state index is 0.0183. The Labute approximate surface area is 243 Å². The van der Waals surface area contributed by atoms with Crippen LogP contribution in [0.2, 0.25) is 0 Å². The number of allylic oxidation sites excluding steroid dienone is 1. The third kappa shape index (κ3) is 3.92. The minimum Gasteiger partial charge on any atom is -0.389 e. The van der Waals surface area contributed by atoms with Gasteiger partial charge in [-0.1, -0.05) is 56.8 Å². The van der Waals surface area contributed by atoms with Crippen LogP contribution in [0.4, 0.5) is 0 Å². The summed E-state index contributed by atoms with van der Waals surface area (Å²) in [7, 11) is 0. The molecule has 6 aliphatic rings. The number of aldehydes is 1. The molecular formula is C34H44O5S. The first-order valence-corrected chi connectivity index (χ1v) is 15.9. The lowest BCUT2D eigenvalue weighted by atomic mass is 9.49. The van der Waals surface area contributed by atoms with Crippen LogP contribution in [0.25, 0.3) is 0 Å². The van der Waals surface area contributed by atoms with Gasteiger partial charge in [-0.05, 0) is 91.2 Å². The monoisotopic (exact) mass is 564 g/mol. The lowest BCUT2D eigenvalue weighted by molar-refractivity contribution is -0.322. The molecule has 1 heterocycles. The number of hydrogen-bond acceptors (Lipinski definition) is 6. The predicted octanol–water partition coefficient (Wildman–Crippen LogP) is 6.16.